The van der Waals surface area contributed by atoms with Crippen LogP contribution in [0.3, 0.4) is 0 Å². The molecule has 16 heavy (non-hydrogen) atoms. The molecular formula is C6H9O9P. The van der Waals surface area contributed by atoms with Crippen molar-refractivity contribution in [3.63, 3.8) is 0 Å². The maximum Gasteiger partial charge on any atom is 0.524 e. The number of phosphoric acid groups is 1. The molecule has 0 aromatic heterocycles. The highest BCUT2D eigenvalue weighted by atomic mass is 31.2. The second-order valence-corrected chi connectivity index (χ2v) is 4.03. The second-order valence-electron chi connectivity index (χ2n) is 2.87. The average molecular weight is 256 g/mol. The van der Waals surface area contributed by atoms with Gasteiger partial charge >= 0.3 is 13.8 Å². The van der Waals surface area contributed by atoms with Crippen LogP contribution in [0.2, 0.25) is 0 Å². The summed E-state index contributed by atoms with van der Waals surface area (Å²) in [6, 6.07) is 0. The molecule has 2 atom stereocenters. The first kappa shape index (κ1) is 12.9. The minimum absolute atomic E-state index is 0.848. The summed E-state index contributed by atoms with van der Waals surface area (Å²) in [5.74, 6) is -3.36. The van der Waals surface area contributed by atoms with Crippen LogP contribution in [-0.2, 0) is 18.6 Å². The molecule has 1 aliphatic heterocycles. The monoisotopic (exact) mass is 256 g/mol. The van der Waals surface area contributed by atoms with E-state index in [1.54, 1.807) is 0 Å². The van der Waals surface area contributed by atoms with Crippen LogP contribution in [0.5, 0.6) is 0 Å². The molecule has 92 valence electrons. The number of aliphatic hydroxyl groups is 3. The van der Waals surface area contributed by atoms with Crippen molar-refractivity contribution >= 4 is 13.8 Å². The van der Waals surface area contributed by atoms with Gasteiger partial charge in [-0.15, -0.1) is 0 Å². The van der Waals surface area contributed by atoms with Crippen molar-refractivity contribution < 1.29 is 43.7 Å². The van der Waals surface area contributed by atoms with Crippen LogP contribution in [0.25, 0.3) is 0 Å². The van der Waals surface area contributed by atoms with Crippen LogP contribution >= 0.6 is 7.82 Å². The van der Waals surface area contributed by atoms with E-state index in [9.17, 15) is 9.36 Å². The Hall–Kier alpha value is -1.12. The molecule has 1 aliphatic rings. The Morgan fingerprint density at radius 2 is 2.06 bits per heavy atom. The van der Waals surface area contributed by atoms with E-state index >= 15 is 0 Å². The van der Waals surface area contributed by atoms with Crippen molar-refractivity contribution in [2.75, 3.05) is 6.61 Å². The van der Waals surface area contributed by atoms with Crippen molar-refractivity contribution in [2.24, 2.45) is 0 Å². The Kier molecular flexibility index (Phi) is 3.56. The number of cyclic esters (lactones) is 1. The van der Waals surface area contributed by atoms with Crippen molar-refractivity contribution in [2.45, 2.75) is 12.2 Å². The molecule has 0 aliphatic carbocycles. The number of aliphatic hydroxyl groups excluding tert-OH is 3. The van der Waals surface area contributed by atoms with E-state index in [1.165, 1.54) is 0 Å². The molecule has 0 bridgehead atoms. The molecular weight excluding hydrogens is 247 g/mol. The number of esters is 1. The lowest BCUT2D eigenvalue weighted by Gasteiger charge is -2.18. The number of hydrogen-bond donors (Lipinski definition) is 5. The predicted molar refractivity (Wildman–Crippen MR) is 45.8 cm³/mol. The first-order valence-electron chi connectivity index (χ1n) is 3.94. The third-order valence-corrected chi connectivity index (χ3v) is 2.11. The van der Waals surface area contributed by atoms with Gasteiger partial charge in [-0.2, -0.15) is 0 Å². The van der Waals surface area contributed by atoms with Gasteiger partial charge < -0.3 is 24.6 Å². The first-order valence-corrected chi connectivity index (χ1v) is 5.47. The molecule has 10 heteroatoms. The van der Waals surface area contributed by atoms with Gasteiger partial charge in [0.05, 0.1) is 6.61 Å². The van der Waals surface area contributed by atoms with Crippen molar-refractivity contribution in [3.05, 3.63) is 11.5 Å². The molecule has 1 rings (SSSR count). The third kappa shape index (κ3) is 2.71. The molecule has 0 amide bonds. The number of phosphoric ester groups is 1. The summed E-state index contributed by atoms with van der Waals surface area (Å²) in [4.78, 5) is 27.8. The fraction of sp³-hybridized carbons (Fsp3) is 0.500. The van der Waals surface area contributed by atoms with Crippen LogP contribution in [0.15, 0.2) is 11.5 Å². The summed E-state index contributed by atoms with van der Waals surface area (Å²) < 4.78 is 18.9. The maximum absolute atomic E-state index is 10.8. The average Bonchev–Trinajstić information content (AvgIpc) is 2.43. The number of carbonyl (C=O) groups is 1. The van der Waals surface area contributed by atoms with Gasteiger partial charge in [0.2, 0.25) is 11.5 Å². The van der Waals surface area contributed by atoms with Gasteiger partial charge in [-0.05, 0) is 0 Å². The smallest absolute Gasteiger partial charge is 0.499 e. The number of hydrogen-bond acceptors (Lipinski definition) is 7. The quantitative estimate of drug-likeness (QED) is 0.288. The van der Waals surface area contributed by atoms with E-state index in [2.05, 4.69) is 9.26 Å². The highest BCUT2D eigenvalue weighted by molar-refractivity contribution is 7.46. The van der Waals surface area contributed by atoms with Crippen molar-refractivity contribution in [1.82, 2.24) is 0 Å². The molecule has 0 spiro atoms. The van der Waals surface area contributed by atoms with E-state index in [0.717, 1.165) is 0 Å². The minimum Gasteiger partial charge on any atom is -0.499 e. The SMILES string of the molecule is O=C1O[C@H](C(O)CO)C(OP(=O)(O)O)=C1O. The molecule has 0 aromatic rings. The Labute approximate surface area is 88.8 Å². The zero-order valence-corrected chi connectivity index (χ0v) is 8.57. The zero-order chi connectivity index (χ0) is 12.5. The van der Waals surface area contributed by atoms with Gasteiger partial charge in [0.25, 0.3) is 0 Å². The molecule has 1 heterocycles. The molecule has 0 fully saturated rings. The van der Waals surface area contributed by atoms with Crippen LogP contribution in [-0.4, -0.2) is 49.9 Å². The standard InChI is InChI=1S/C6H9O9P/c7-1-2(8)4-5(15-16(11,12)13)3(9)6(10)14-4/h2,4,7-9H,1H2,(H2,11,12,13)/t2?,4-/m1/s1. The van der Waals surface area contributed by atoms with E-state index in [1.807, 2.05) is 0 Å². The van der Waals surface area contributed by atoms with Crippen LogP contribution in [0.4, 0.5) is 0 Å². The summed E-state index contributed by atoms with van der Waals surface area (Å²) >= 11 is 0. The van der Waals surface area contributed by atoms with Gasteiger partial charge in [-0.25, -0.2) is 9.36 Å². The maximum atomic E-state index is 10.8. The number of ether oxygens (including phenoxy) is 1. The molecule has 0 saturated carbocycles. The van der Waals surface area contributed by atoms with Crippen LogP contribution < -0.4 is 0 Å². The molecule has 0 radical (unpaired) electrons. The Balaban J connectivity index is 2.98. The largest absolute Gasteiger partial charge is 0.524 e. The van der Waals surface area contributed by atoms with Crippen LogP contribution in [0.1, 0.15) is 0 Å². The third-order valence-electron chi connectivity index (χ3n) is 1.67. The van der Waals surface area contributed by atoms with Gasteiger partial charge in [-0.3, -0.25) is 9.79 Å². The second kappa shape index (κ2) is 4.40. The lowest BCUT2D eigenvalue weighted by molar-refractivity contribution is -0.147. The van der Waals surface area contributed by atoms with E-state index in [-0.39, 0.29) is 0 Å². The minimum atomic E-state index is -5.01. The fourth-order valence-electron chi connectivity index (χ4n) is 1.03. The van der Waals surface area contributed by atoms with Gasteiger partial charge in [0, 0.05) is 0 Å². The first-order chi connectivity index (χ1) is 7.26. The predicted octanol–water partition coefficient (Wildman–Crippen LogP) is -1.86. The van der Waals surface area contributed by atoms with E-state index in [4.69, 9.17) is 25.1 Å². The number of rotatable bonds is 4. The molecule has 9 nitrogen and oxygen atoms in total. The molecule has 1 unspecified atom stereocenters. The Bertz CT molecular complexity index is 368. The normalized spacial score (nSPS) is 23.2. The Morgan fingerprint density at radius 3 is 2.50 bits per heavy atom. The lowest BCUT2D eigenvalue weighted by atomic mass is 10.2. The molecule has 0 saturated heterocycles. The fourth-order valence-corrected chi connectivity index (χ4v) is 1.48. The number of carbonyl (C=O) groups excluding carboxylic acids is 1. The Morgan fingerprint density at radius 1 is 1.50 bits per heavy atom. The topological polar surface area (TPSA) is 154 Å². The summed E-state index contributed by atoms with van der Waals surface area (Å²) in [6.45, 7) is -0.848. The van der Waals surface area contributed by atoms with E-state index < -0.39 is 44.1 Å². The van der Waals surface area contributed by atoms with Crippen molar-refractivity contribution in [1.29, 1.82) is 0 Å². The summed E-state index contributed by atoms with van der Waals surface area (Å²) in [5, 5.41) is 26.8. The highest BCUT2D eigenvalue weighted by Crippen LogP contribution is 2.42. The summed E-state index contributed by atoms with van der Waals surface area (Å²) in [6.07, 6.45) is -3.31. The summed E-state index contributed by atoms with van der Waals surface area (Å²) in [5.41, 5.74) is 0. The highest BCUT2D eigenvalue weighted by Gasteiger charge is 2.43. The molecule has 0 aromatic carbocycles. The van der Waals surface area contributed by atoms with E-state index in [0.29, 0.717) is 0 Å². The van der Waals surface area contributed by atoms with Crippen LogP contribution in [0, 0.1) is 0 Å². The van der Waals surface area contributed by atoms with Gasteiger partial charge in [0.15, 0.2) is 6.10 Å². The van der Waals surface area contributed by atoms with Gasteiger partial charge in [-0.1, -0.05) is 0 Å². The summed E-state index contributed by atoms with van der Waals surface area (Å²) in [7, 11) is -5.01. The van der Waals surface area contributed by atoms with Gasteiger partial charge in [0.1, 0.15) is 6.10 Å². The lowest BCUT2D eigenvalue weighted by Crippen LogP contribution is -2.32. The molecule has 5 N–H and O–H groups in total. The van der Waals surface area contributed by atoms with Crippen molar-refractivity contribution in [3.8, 4) is 0 Å². The zero-order valence-electron chi connectivity index (χ0n) is 7.68.